The first-order chi connectivity index (χ1) is 5.57. The van der Waals surface area contributed by atoms with E-state index in [1.807, 2.05) is 0 Å². The smallest absolute Gasteiger partial charge is 0.377 e. The number of hydrogen-bond acceptors (Lipinski definition) is 6. The highest BCUT2D eigenvalue weighted by Gasteiger charge is 2.38. The fourth-order valence-electron chi connectivity index (χ4n) is 0.823. The fraction of sp³-hybridized carbons (Fsp3) is 0.500. The molecule has 0 saturated carbocycles. The monoisotopic (exact) mass is 208 g/mol. The standard InChI is InChI=1S/C6H8O6.S/c7-1-2(8)5-3(9)4(10)6(11)12-5;/h2,5,7-10H,1H2;/t2-,5+;/m0./s1. The molecule has 74 valence electrons. The zero-order valence-corrected chi connectivity index (χ0v) is 7.19. The molecule has 0 fully saturated rings. The molecule has 1 aliphatic rings. The van der Waals surface area contributed by atoms with Crippen LogP contribution in [0.4, 0.5) is 0 Å². The van der Waals surface area contributed by atoms with Crippen LogP contribution in [-0.4, -0.2) is 45.2 Å². The largest absolute Gasteiger partial charge is 0.505 e. The molecule has 0 amide bonds. The van der Waals surface area contributed by atoms with Gasteiger partial charge in [0.05, 0.1) is 6.61 Å². The summed E-state index contributed by atoms with van der Waals surface area (Å²) in [6.45, 7) is -0.671. The SMILES string of the molecule is O=C1O[C@H]([C@@H](O)CO)C(O)=C1O.[S]. The van der Waals surface area contributed by atoms with Crippen molar-refractivity contribution in [2.75, 3.05) is 6.61 Å². The van der Waals surface area contributed by atoms with E-state index < -0.39 is 36.3 Å². The average Bonchev–Trinajstić information content (AvgIpc) is 2.32. The lowest BCUT2D eigenvalue weighted by atomic mass is 10.2. The normalized spacial score (nSPS) is 23.8. The van der Waals surface area contributed by atoms with Gasteiger partial charge in [0.1, 0.15) is 6.10 Å². The maximum Gasteiger partial charge on any atom is 0.377 e. The van der Waals surface area contributed by atoms with Crippen LogP contribution >= 0.6 is 13.5 Å². The highest BCUT2D eigenvalue weighted by molar-refractivity contribution is 7.59. The van der Waals surface area contributed by atoms with E-state index in [-0.39, 0.29) is 13.5 Å². The quantitative estimate of drug-likeness (QED) is 0.444. The highest BCUT2D eigenvalue weighted by atomic mass is 32.1. The van der Waals surface area contributed by atoms with Crippen molar-refractivity contribution in [3.8, 4) is 0 Å². The number of carbonyl (C=O) groups is 1. The van der Waals surface area contributed by atoms with E-state index in [1.54, 1.807) is 0 Å². The van der Waals surface area contributed by atoms with Crippen molar-refractivity contribution in [1.29, 1.82) is 0 Å². The van der Waals surface area contributed by atoms with Crippen LogP contribution in [-0.2, 0) is 9.53 Å². The molecule has 0 unspecified atom stereocenters. The number of ether oxygens (including phenoxy) is 1. The van der Waals surface area contributed by atoms with Crippen LogP contribution in [0, 0.1) is 0 Å². The Hall–Kier alpha value is -0.920. The van der Waals surface area contributed by atoms with Crippen molar-refractivity contribution in [1.82, 2.24) is 0 Å². The summed E-state index contributed by atoms with van der Waals surface area (Å²) in [6.07, 6.45) is -2.78. The Kier molecular flexibility index (Phi) is 4.05. The van der Waals surface area contributed by atoms with Crippen LogP contribution in [0.15, 0.2) is 11.5 Å². The van der Waals surface area contributed by atoms with Crippen LogP contribution in [0.1, 0.15) is 0 Å². The van der Waals surface area contributed by atoms with E-state index in [0.29, 0.717) is 0 Å². The van der Waals surface area contributed by atoms with E-state index in [0.717, 1.165) is 0 Å². The van der Waals surface area contributed by atoms with Gasteiger partial charge < -0.3 is 25.2 Å². The zero-order valence-electron chi connectivity index (χ0n) is 6.38. The molecule has 1 rings (SSSR count). The van der Waals surface area contributed by atoms with Gasteiger partial charge in [-0.1, -0.05) is 0 Å². The summed E-state index contributed by atoms with van der Waals surface area (Å²) < 4.78 is 4.32. The number of aliphatic hydroxyl groups is 4. The van der Waals surface area contributed by atoms with Gasteiger partial charge in [-0.25, -0.2) is 4.79 Å². The number of rotatable bonds is 2. The average molecular weight is 208 g/mol. The number of aliphatic hydroxyl groups excluding tert-OH is 4. The summed E-state index contributed by atoms with van der Waals surface area (Å²) in [7, 11) is 0. The van der Waals surface area contributed by atoms with Crippen LogP contribution < -0.4 is 0 Å². The van der Waals surface area contributed by atoms with Crippen LogP contribution in [0.3, 0.4) is 0 Å². The first kappa shape index (κ1) is 12.1. The van der Waals surface area contributed by atoms with E-state index in [9.17, 15) is 4.79 Å². The molecule has 0 aliphatic carbocycles. The molecule has 0 bridgehead atoms. The molecule has 1 aliphatic heterocycles. The van der Waals surface area contributed by atoms with Gasteiger partial charge in [0, 0.05) is 13.5 Å². The van der Waals surface area contributed by atoms with Gasteiger partial charge in [0.15, 0.2) is 11.9 Å². The van der Waals surface area contributed by atoms with Gasteiger partial charge in [0.25, 0.3) is 0 Å². The maximum absolute atomic E-state index is 10.5. The van der Waals surface area contributed by atoms with Crippen LogP contribution in [0.5, 0.6) is 0 Å². The van der Waals surface area contributed by atoms with Crippen molar-refractivity contribution in [2.24, 2.45) is 0 Å². The number of hydrogen-bond donors (Lipinski definition) is 4. The Labute approximate surface area is 80.5 Å². The maximum atomic E-state index is 10.5. The molecule has 13 heavy (non-hydrogen) atoms. The minimum atomic E-state index is -1.42. The molecule has 7 heteroatoms. The number of esters is 1. The van der Waals surface area contributed by atoms with Gasteiger partial charge in [-0.05, 0) is 0 Å². The lowest BCUT2D eigenvalue weighted by molar-refractivity contribution is -0.147. The molecular formula is C6H8O6S. The summed E-state index contributed by atoms with van der Waals surface area (Å²) in [5, 5.41) is 35.0. The Morgan fingerprint density at radius 1 is 1.46 bits per heavy atom. The van der Waals surface area contributed by atoms with Crippen molar-refractivity contribution in [2.45, 2.75) is 12.2 Å². The molecule has 0 aromatic heterocycles. The summed E-state index contributed by atoms with van der Waals surface area (Å²) in [4.78, 5) is 10.5. The van der Waals surface area contributed by atoms with Gasteiger partial charge in [0.2, 0.25) is 5.76 Å². The third-order valence-electron chi connectivity index (χ3n) is 1.48. The van der Waals surface area contributed by atoms with Gasteiger partial charge in [-0.3, -0.25) is 0 Å². The Balaban J connectivity index is 0.00000144. The number of carbonyl (C=O) groups excluding carboxylic acids is 1. The summed E-state index contributed by atoms with van der Waals surface area (Å²) >= 11 is 0. The second-order valence-electron chi connectivity index (χ2n) is 2.31. The Bertz CT molecular complexity index is 237. The third kappa shape index (κ3) is 2.06. The summed E-state index contributed by atoms with van der Waals surface area (Å²) in [5.41, 5.74) is 0. The van der Waals surface area contributed by atoms with E-state index >= 15 is 0 Å². The third-order valence-corrected chi connectivity index (χ3v) is 1.48. The molecule has 2 atom stereocenters. The van der Waals surface area contributed by atoms with Gasteiger partial charge >= 0.3 is 5.97 Å². The molecule has 0 saturated heterocycles. The Morgan fingerprint density at radius 3 is 2.31 bits per heavy atom. The van der Waals surface area contributed by atoms with Crippen LogP contribution in [0.25, 0.3) is 0 Å². The molecule has 1 heterocycles. The van der Waals surface area contributed by atoms with Crippen molar-refractivity contribution < 1.29 is 30.0 Å². The summed E-state index contributed by atoms with van der Waals surface area (Å²) in [6, 6.07) is 0. The summed E-state index contributed by atoms with van der Waals surface area (Å²) in [5.74, 6) is -2.78. The number of cyclic esters (lactones) is 1. The first-order valence-corrected chi connectivity index (χ1v) is 3.20. The highest BCUT2D eigenvalue weighted by Crippen LogP contribution is 2.20. The lowest BCUT2D eigenvalue weighted by Crippen LogP contribution is -2.31. The zero-order chi connectivity index (χ0) is 9.30. The Morgan fingerprint density at radius 2 is 2.00 bits per heavy atom. The molecular weight excluding hydrogens is 200 g/mol. The molecule has 0 aromatic rings. The second kappa shape index (κ2) is 4.35. The molecule has 4 N–H and O–H groups in total. The second-order valence-corrected chi connectivity index (χ2v) is 2.31. The van der Waals surface area contributed by atoms with Crippen molar-refractivity contribution in [3.05, 3.63) is 11.5 Å². The van der Waals surface area contributed by atoms with Crippen LogP contribution in [0.2, 0.25) is 0 Å². The van der Waals surface area contributed by atoms with Gasteiger partial charge in [-0.2, -0.15) is 0 Å². The van der Waals surface area contributed by atoms with Gasteiger partial charge in [-0.15, -0.1) is 0 Å². The van der Waals surface area contributed by atoms with E-state index in [4.69, 9.17) is 20.4 Å². The predicted molar refractivity (Wildman–Crippen MR) is 42.8 cm³/mol. The van der Waals surface area contributed by atoms with Crippen molar-refractivity contribution in [3.63, 3.8) is 0 Å². The van der Waals surface area contributed by atoms with Crippen molar-refractivity contribution >= 4 is 19.5 Å². The van der Waals surface area contributed by atoms with E-state index in [2.05, 4.69) is 4.74 Å². The molecule has 0 spiro atoms. The molecule has 0 aromatic carbocycles. The minimum Gasteiger partial charge on any atom is -0.505 e. The fourth-order valence-corrected chi connectivity index (χ4v) is 0.823. The lowest BCUT2D eigenvalue weighted by Gasteiger charge is -2.13. The topological polar surface area (TPSA) is 107 Å². The first-order valence-electron chi connectivity index (χ1n) is 3.20. The molecule has 6 nitrogen and oxygen atoms in total. The molecule has 2 radical (unpaired) electrons. The minimum absolute atomic E-state index is 0. The predicted octanol–water partition coefficient (Wildman–Crippen LogP) is -0.759. The van der Waals surface area contributed by atoms with E-state index in [1.165, 1.54) is 0 Å².